The quantitative estimate of drug-likeness (QED) is 0.610. The Kier molecular flexibility index (Phi) is 3.12. The normalized spacial score (nSPS) is 17.5. The smallest absolute Gasteiger partial charge is 0.155 e. The summed E-state index contributed by atoms with van der Waals surface area (Å²) >= 11 is 0. The lowest BCUT2D eigenvalue weighted by atomic mass is 9.89. The molecule has 0 rings (SSSR count). The molecule has 0 aliphatic rings. The first kappa shape index (κ1) is 7.78. The van der Waals surface area contributed by atoms with Gasteiger partial charge in [-0.3, -0.25) is 4.79 Å². The SMILES string of the molecule is [2H]C([2H])([2H])/C(=C\C(=O)CCC(C)(C)C)CC. The number of carbonyl (C=O) groups excluding carboxylic acids is 1. The molecular formula is C12H22O. The maximum atomic E-state index is 11.6. The average molecular weight is 185 g/mol. The molecule has 0 aromatic carbocycles. The Morgan fingerprint density at radius 2 is 2.08 bits per heavy atom. The van der Waals surface area contributed by atoms with Gasteiger partial charge in [0.2, 0.25) is 0 Å². The Morgan fingerprint density at radius 3 is 2.46 bits per heavy atom. The standard InChI is InChI=1S/C12H22O/c1-6-10(2)9-11(13)7-8-12(3,4)5/h9H,6-8H2,1-5H3/b10-9+/i2D3. The van der Waals surface area contributed by atoms with Gasteiger partial charge in [-0.2, -0.15) is 0 Å². The van der Waals surface area contributed by atoms with Gasteiger partial charge in [-0.1, -0.05) is 33.3 Å². The van der Waals surface area contributed by atoms with E-state index < -0.39 is 6.85 Å². The molecule has 1 nitrogen and oxygen atoms in total. The monoisotopic (exact) mass is 185 g/mol. The molecule has 0 aliphatic heterocycles. The second-order valence-electron chi connectivity index (χ2n) is 4.55. The lowest BCUT2D eigenvalue weighted by Gasteiger charge is -2.16. The molecule has 0 spiro atoms. The van der Waals surface area contributed by atoms with E-state index in [-0.39, 0.29) is 16.8 Å². The fraction of sp³-hybridized carbons (Fsp3) is 0.750. The summed E-state index contributed by atoms with van der Waals surface area (Å²) in [5.74, 6) is -0.0806. The van der Waals surface area contributed by atoms with Crippen molar-refractivity contribution in [1.29, 1.82) is 0 Å². The largest absolute Gasteiger partial charge is 0.295 e. The summed E-state index contributed by atoms with van der Waals surface area (Å²) in [6, 6.07) is 0. The van der Waals surface area contributed by atoms with Crippen LogP contribution in [0, 0.1) is 5.41 Å². The van der Waals surface area contributed by atoms with Crippen LogP contribution in [0.5, 0.6) is 0 Å². The van der Waals surface area contributed by atoms with Crippen molar-refractivity contribution in [2.24, 2.45) is 5.41 Å². The van der Waals surface area contributed by atoms with Crippen molar-refractivity contribution in [3.63, 3.8) is 0 Å². The molecule has 0 aliphatic carbocycles. The van der Waals surface area contributed by atoms with Crippen molar-refractivity contribution < 1.29 is 8.91 Å². The third-order valence-corrected chi connectivity index (χ3v) is 1.84. The van der Waals surface area contributed by atoms with Crippen LogP contribution in [0.4, 0.5) is 0 Å². The van der Waals surface area contributed by atoms with Crippen LogP contribution in [0.15, 0.2) is 11.6 Å². The molecular weight excluding hydrogens is 160 g/mol. The summed E-state index contributed by atoms with van der Waals surface area (Å²) in [4.78, 5) is 11.6. The van der Waals surface area contributed by atoms with E-state index in [1.807, 2.05) is 0 Å². The zero-order chi connectivity index (χ0) is 13.0. The molecule has 0 fully saturated rings. The molecule has 0 bridgehead atoms. The van der Waals surface area contributed by atoms with Crippen LogP contribution in [-0.2, 0) is 4.79 Å². The van der Waals surface area contributed by atoms with Gasteiger partial charge in [0.1, 0.15) is 0 Å². The predicted molar refractivity (Wildman–Crippen MR) is 57.7 cm³/mol. The van der Waals surface area contributed by atoms with Crippen LogP contribution in [0.3, 0.4) is 0 Å². The number of carbonyl (C=O) groups is 1. The Bertz CT molecular complexity index is 269. The van der Waals surface area contributed by atoms with Gasteiger partial charge in [-0.05, 0) is 31.2 Å². The van der Waals surface area contributed by atoms with E-state index in [4.69, 9.17) is 4.11 Å². The van der Waals surface area contributed by atoms with E-state index in [1.165, 1.54) is 6.08 Å². The highest BCUT2D eigenvalue weighted by Gasteiger charge is 2.11. The van der Waals surface area contributed by atoms with E-state index in [2.05, 4.69) is 20.8 Å². The van der Waals surface area contributed by atoms with Gasteiger partial charge in [0.15, 0.2) is 5.78 Å². The summed E-state index contributed by atoms with van der Waals surface area (Å²) in [6.07, 6.45) is 2.90. The molecule has 0 heterocycles. The first-order valence-corrected chi connectivity index (χ1v) is 4.80. The first-order valence-electron chi connectivity index (χ1n) is 6.30. The highest BCUT2D eigenvalue weighted by molar-refractivity contribution is 5.90. The van der Waals surface area contributed by atoms with Crippen LogP contribution in [0.25, 0.3) is 0 Å². The molecule has 0 amide bonds. The van der Waals surface area contributed by atoms with E-state index in [0.29, 0.717) is 12.8 Å². The minimum atomic E-state index is -2.13. The summed E-state index contributed by atoms with van der Waals surface area (Å²) in [5.41, 5.74) is 0.363. The van der Waals surface area contributed by atoms with Gasteiger partial charge in [0, 0.05) is 10.5 Å². The minimum Gasteiger partial charge on any atom is -0.295 e. The molecule has 0 N–H and O–H groups in total. The third kappa shape index (κ3) is 7.76. The highest BCUT2D eigenvalue weighted by atomic mass is 16.1. The minimum absolute atomic E-state index is 0.0806. The van der Waals surface area contributed by atoms with Gasteiger partial charge in [-0.15, -0.1) is 0 Å². The van der Waals surface area contributed by atoms with Crippen molar-refractivity contribution >= 4 is 5.78 Å². The van der Waals surface area contributed by atoms with Crippen LogP contribution >= 0.6 is 0 Å². The molecule has 0 saturated carbocycles. The third-order valence-electron chi connectivity index (χ3n) is 1.84. The fourth-order valence-corrected chi connectivity index (χ4v) is 0.867. The zero-order valence-corrected chi connectivity index (χ0v) is 9.11. The number of allylic oxidation sites excluding steroid dienone is 2. The van der Waals surface area contributed by atoms with Crippen molar-refractivity contribution in [2.45, 2.75) is 53.8 Å². The van der Waals surface area contributed by atoms with E-state index >= 15 is 0 Å². The Hall–Kier alpha value is -0.590. The van der Waals surface area contributed by atoms with E-state index in [9.17, 15) is 4.79 Å². The second kappa shape index (κ2) is 5.21. The molecule has 0 unspecified atom stereocenters. The molecule has 0 aromatic rings. The topological polar surface area (TPSA) is 17.1 Å². The number of ketones is 1. The molecule has 1 heteroatoms. The summed E-state index contributed by atoms with van der Waals surface area (Å²) < 4.78 is 21.8. The molecule has 0 radical (unpaired) electrons. The zero-order valence-electron chi connectivity index (χ0n) is 12.1. The van der Waals surface area contributed by atoms with Gasteiger partial charge >= 0.3 is 0 Å². The van der Waals surface area contributed by atoms with Crippen molar-refractivity contribution in [1.82, 2.24) is 0 Å². The Labute approximate surface area is 86.4 Å². The lowest BCUT2D eigenvalue weighted by Crippen LogP contribution is -2.07. The maximum absolute atomic E-state index is 11.6. The molecule has 0 saturated heterocycles. The summed E-state index contributed by atoms with van der Waals surface area (Å²) in [7, 11) is 0. The number of rotatable bonds is 4. The average Bonchev–Trinajstić information content (AvgIpc) is 2.07. The Morgan fingerprint density at radius 1 is 1.46 bits per heavy atom. The maximum Gasteiger partial charge on any atom is 0.155 e. The molecule has 0 aromatic heterocycles. The predicted octanol–water partition coefficient (Wildman–Crippen LogP) is 3.74. The summed E-state index contributed by atoms with van der Waals surface area (Å²) in [6.45, 7) is 5.82. The van der Waals surface area contributed by atoms with E-state index in [1.54, 1.807) is 6.92 Å². The molecule has 76 valence electrons. The second-order valence-corrected chi connectivity index (χ2v) is 4.55. The van der Waals surface area contributed by atoms with Crippen LogP contribution in [0.2, 0.25) is 0 Å². The summed E-state index contributed by atoms with van der Waals surface area (Å²) in [5, 5.41) is 0. The van der Waals surface area contributed by atoms with Gasteiger partial charge in [0.25, 0.3) is 0 Å². The van der Waals surface area contributed by atoms with Crippen LogP contribution < -0.4 is 0 Å². The van der Waals surface area contributed by atoms with E-state index in [0.717, 1.165) is 6.42 Å². The highest BCUT2D eigenvalue weighted by Crippen LogP contribution is 2.20. The molecule has 13 heavy (non-hydrogen) atoms. The Balaban J connectivity index is 4.46. The number of hydrogen-bond acceptors (Lipinski definition) is 1. The number of hydrogen-bond donors (Lipinski definition) is 0. The van der Waals surface area contributed by atoms with Gasteiger partial charge in [-0.25, -0.2) is 0 Å². The van der Waals surface area contributed by atoms with Crippen molar-refractivity contribution in [2.75, 3.05) is 0 Å². The lowest BCUT2D eigenvalue weighted by molar-refractivity contribution is -0.115. The van der Waals surface area contributed by atoms with Crippen molar-refractivity contribution in [3.05, 3.63) is 11.6 Å². The van der Waals surface area contributed by atoms with Crippen molar-refractivity contribution in [3.8, 4) is 0 Å². The van der Waals surface area contributed by atoms with Gasteiger partial charge < -0.3 is 0 Å². The van der Waals surface area contributed by atoms with Crippen LogP contribution in [-0.4, -0.2) is 5.78 Å². The van der Waals surface area contributed by atoms with Crippen LogP contribution in [0.1, 0.15) is 57.9 Å². The van der Waals surface area contributed by atoms with Gasteiger partial charge in [0.05, 0.1) is 0 Å². The fourth-order valence-electron chi connectivity index (χ4n) is 0.867. The molecule has 0 atom stereocenters. The first-order chi connectivity index (χ1) is 7.06.